The highest BCUT2D eigenvalue weighted by atomic mass is 16.5. The number of allylic oxidation sites excluding steroid dienone is 5. The van der Waals surface area contributed by atoms with Crippen LogP contribution in [0.15, 0.2) is 36.5 Å². The van der Waals surface area contributed by atoms with Crippen molar-refractivity contribution in [1.29, 1.82) is 0 Å². The van der Waals surface area contributed by atoms with E-state index < -0.39 is 17.5 Å². The fourth-order valence-electron chi connectivity index (χ4n) is 2.80. The monoisotopic (exact) mass is 364 g/mol. The van der Waals surface area contributed by atoms with E-state index in [2.05, 4.69) is 0 Å². The van der Waals surface area contributed by atoms with Crippen LogP contribution in [0.5, 0.6) is 0 Å². The Labute approximate surface area is 156 Å². The second kappa shape index (κ2) is 11.1. The van der Waals surface area contributed by atoms with Gasteiger partial charge in [0.1, 0.15) is 0 Å². The lowest BCUT2D eigenvalue weighted by Crippen LogP contribution is -2.32. The fourth-order valence-corrected chi connectivity index (χ4v) is 2.80. The largest absolute Gasteiger partial charge is 0.481 e. The Morgan fingerprint density at radius 2 is 2.12 bits per heavy atom. The van der Waals surface area contributed by atoms with Gasteiger partial charge < -0.3 is 14.9 Å². The van der Waals surface area contributed by atoms with Crippen molar-refractivity contribution in [3.05, 3.63) is 36.5 Å². The minimum Gasteiger partial charge on any atom is -0.481 e. The van der Waals surface area contributed by atoms with Crippen molar-refractivity contribution in [3.63, 3.8) is 0 Å². The summed E-state index contributed by atoms with van der Waals surface area (Å²) in [7, 11) is 0. The molecule has 0 saturated carbocycles. The summed E-state index contributed by atoms with van der Waals surface area (Å²) in [5.41, 5.74) is -0.390. The average Bonchev–Trinajstić information content (AvgIpc) is 2.93. The molecule has 0 aromatic rings. The van der Waals surface area contributed by atoms with Crippen molar-refractivity contribution in [2.24, 2.45) is 17.3 Å². The molecule has 26 heavy (non-hydrogen) atoms. The normalized spacial score (nSPS) is 21.9. The van der Waals surface area contributed by atoms with Crippen molar-refractivity contribution in [2.45, 2.75) is 52.6 Å². The van der Waals surface area contributed by atoms with Gasteiger partial charge >= 0.3 is 5.97 Å². The van der Waals surface area contributed by atoms with E-state index in [9.17, 15) is 14.7 Å². The van der Waals surface area contributed by atoms with Gasteiger partial charge in [-0.1, -0.05) is 44.2 Å². The molecule has 5 nitrogen and oxygen atoms in total. The molecule has 5 heteroatoms. The number of carbonyl (C=O) groups excluding carboxylic acids is 1. The zero-order valence-corrected chi connectivity index (χ0v) is 16.1. The molecule has 0 aromatic heterocycles. The fraction of sp³-hybridized carbons (Fsp3) is 0.619. The summed E-state index contributed by atoms with van der Waals surface area (Å²) in [6.07, 6.45) is 12.5. The molecule has 1 unspecified atom stereocenters. The number of hydrogen-bond acceptors (Lipinski definition) is 4. The van der Waals surface area contributed by atoms with E-state index in [0.717, 1.165) is 0 Å². The molecule has 0 bridgehead atoms. The van der Waals surface area contributed by atoms with E-state index in [1.54, 1.807) is 12.2 Å². The summed E-state index contributed by atoms with van der Waals surface area (Å²) in [6.45, 7) is 6.90. The topological polar surface area (TPSA) is 83.8 Å². The molecular weight excluding hydrogens is 332 g/mol. The van der Waals surface area contributed by atoms with Crippen LogP contribution in [-0.2, 0) is 14.3 Å². The van der Waals surface area contributed by atoms with E-state index in [1.807, 2.05) is 45.1 Å². The summed E-state index contributed by atoms with van der Waals surface area (Å²) >= 11 is 0. The Kier molecular flexibility index (Phi) is 9.52. The number of ketones is 1. The summed E-state index contributed by atoms with van der Waals surface area (Å²) in [4.78, 5) is 22.5. The summed E-state index contributed by atoms with van der Waals surface area (Å²) in [5.74, 6) is -0.865. The van der Waals surface area contributed by atoms with Crippen LogP contribution in [0.4, 0.5) is 0 Å². The lowest BCUT2D eigenvalue weighted by molar-refractivity contribution is -0.137. The summed E-state index contributed by atoms with van der Waals surface area (Å²) < 4.78 is 5.42. The number of aliphatic carboxylic acids is 1. The third kappa shape index (κ3) is 7.67. The van der Waals surface area contributed by atoms with Gasteiger partial charge in [0, 0.05) is 30.3 Å². The number of unbranched alkanes of at least 4 members (excludes halogenated alkanes) is 1. The predicted molar refractivity (Wildman–Crippen MR) is 102 cm³/mol. The van der Waals surface area contributed by atoms with Crippen LogP contribution >= 0.6 is 0 Å². The molecule has 1 aliphatic carbocycles. The zero-order chi connectivity index (χ0) is 19.6. The number of aliphatic hydroxyl groups is 1. The first-order chi connectivity index (χ1) is 12.3. The van der Waals surface area contributed by atoms with Gasteiger partial charge in [0.15, 0.2) is 5.78 Å². The molecule has 2 N–H and O–H groups in total. The Balaban J connectivity index is 2.54. The standard InChI is InChI=1S/C21H32O5/c1-4-26-15-21(2,3)19(23)14-12-16-11-13-18(22)17(16)9-7-5-6-8-10-20(24)25/h5,7,11-14,16-17,19,23H,4,6,8-10,15H2,1-3H3,(H,24,25)/b7-5+,14-12+/t16?,17-,19-/m1/s1. The van der Waals surface area contributed by atoms with Crippen LogP contribution in [-0.4, -0.2) is 41.3 Å². The molecule has 0 fully saturated rings. The first kappa shape index (κ1) is 22.3. The van der Waals surface area contributed by atoms with Crippen LogP contribution in [0, 0.1) is 17.3 Å². The highest BCUT2D eigenvalue weighted by Crippen LogP contribution is 2.29. The molecule has 0 saturated heterocycles. The van der Waals surface area contributed by atoms with Crippen LogP contribution < -0.4 is 0 Å². The summed E-state index contributed by atoms with van der Waals surface area (Å²) in [5, 5.41) is 19.0. The quantitative estimate of drug-likeness (QED) is 0.409. The lowest BCUT2D eigenvalue weighted by atomic mass is 9.85. The number of ether oxygens (including phenoxy) is 1. The van der Waals surface area contributed by atoms with Crippen molar-refractivity contribution < 1.29 is 24.5 Å². The Morgan fingerprint density at radius 3 is 2.77 bits per heavy atom. The molecular formula is C21H32O5. The van der Waals surface area contributed by atoms with Crippen LogP contribution in [0.2, 0.25) is 0 Å². The molecule has 0 spiro atoms. The molecule has 3 atom stereocenters. The number of aliphatic hydroxyl groups excluding tert-OH is 1. The number of carbonyl (C=O) groups is 2. The molecule has 0 amide bonds. The molecule has 146 valence electrons. The highest BCUT2D eigenvalue weighted by molar-refractivity contribution is 5.95. The minimum atomic E-state index is -0.787. The molecule has 1 aliphatic rings. The van der Waals surface area contributed by atoms with Gasteiger partial charge in [-0.2, -0.15) is 0 Å². The van der Waals surface area contributed by atoms with Gasteiger partial charge in [-0.3, -0.25) is 9.59 Å². The maximum atomic E-state index is 12.1. The highest BCUT2D eigenvalue weighted by Gasteiger charge is 2.29. The SMILES string of the molecule is CCOCC(C)(C)[C@H](O)/C=C/C1C=CC(=O)[C@@H]1C/C=C/CCCC(=O)O. The second-order valence-electron chi connectivity index (χ2n) is 7.39. The van der Waals surface area contributed by atoms with E-state index in [4.69, 9.17) is 9.84 Å². The number of rotatable bonds is 12. The second-order valence-corrected chi connectivity index (χ2v) is 7.39. The van der Waals surface area contributed by atoms with Crippen molar-refractivity contribution in [3.8, 4) is 0 Å². The first-order valence-electron chi connectivity index (χ1n) is 9.31. The Morgan fingerprint density at radius 1 is 1.38 bits per heavy atom. The van der Waals surface area contributed by atoms with E-state index in [1.165, 1.54) is 0 Å². The number of hydrogen-bond donors (Lipinski definition) is 2. The third-order valence-corrected chi connectivity index (χ3v) is 4.63. The third-order valence-electron chi connectivity index (χ3n) is 4.63. The summed E-state index contributed by atoms with van der Waals surface area (Å²) in [6, 6.07) is 0. The molecule has 0 aromatic carbocycles. The molecule has 1 rings (SSSR count). The average molecular weight is 364 g/mol. The Hall–Kier alpha value is -1.72. The van der Waals surface area contributed by atoms with Gasteiger partial charge in [-0.25, -0.2) is 0 Å². The van der Waals surface area contributed by atoms with Crippen molar-refractivity contribution in [2.75, 3.05) is 13.2 Å². The molecule has 0 aliphatic heterocycles. The van der Waals surface area contributed by atoms with Gasteiger partial charge in [0.2, 0.25) is 0 Å². The number of carboxylic acid groups (broad SMARTS) is 1. The van der Waals surface area contributed by atoms with Gasteiger partial charge in [0.25, 0.3) is 0 Å². The Bertz CT molecular complexity index is 545. The van der Waals surface area contributed by atoms with Crippen molar-refractivity contribution >= 4 is 11.8 Å². The number of carboxylic acids is 1. The maximum absolute atomic E-state index is 12.1. The van der Waals surface area contributed by atoms with Gasteiger partial charge in [-0.05, 0) is 32.3 Å². The van der Waals surface area contributed by atoms with Gasteiger partial charge in [-0.15, -0.1) is 0 Å². The first-order valence-corrected chi connectivity index (χ1v) is 9.31. The van der Waals surface area contributed by atoms with E-state index in [0.29, 0.717) is 32.5 Å². The van der Waals surface area contributed by atoms with E-state index in [-0.39, 0.29) is 24.0 Å². The van der Waals surface area contributed by atoms with Crippen LogP contribution in [0.3, 0.4) is 0 Å². The van der Waals surface area contributed by atoms with Crippen LogP contribution in [0.1, 0.15) is 46.5 Å². The molecule has 0 radical (unpaired) electrons. The lowest BCUT2D eigenvalue weighted by Gasteiger charge is -2.28. The van der Waals surface area contributed by atoms with E-state index >= 15 is 0 Å². The minimum absolute atomic E-state index is 0.0243. The maximum Gasteiger partial charge on any atom is 0.303 e. The predicted octanol–water partition coefficient (Wildman–Crippen LogP) is 3.54. The van der Waals surface area contributed by atoms with Gasteiger partial charge in [0.05, 0.1) is 12.7 Å². The zero-order valence-electron chi connectivity index (χ0n) is 16.1. The smallest absolute Gasteiger partial charge is 0.303 e. The van der Waals surface area contributed by atoms with Crippen molar-refractivity contribution in [1.82, 2.24) is 0 Å². The molecule has 0 heterocycles. The van der Waals surface area contributed by atoms with Crippen LogP contribution in [0.25, 0.3) is 0 Å².